The van der Waals surface area contributed by atoms with Gasteiger partial charge in [0.2, 0.25) is 5.91 Å². The first-order chi connectivity index (χ1) is 12.6. The molecule has 2 N–H and O–H groups in total. The molecule has 2 heterocycles. The van der Waals surface area contributed by atoms with Crippen LogP contribution in [0.1, 0.15) is 64.0 Å². The Balaban J connectivity index is 1.68. The lowest BCUT2D eigenvalue weighted by Gasteiger charge is -2.50. The normalized spacial score (nSPS) is 25.1. The number of anilines is 1. The largest absolute Gasteiger partial charge is 0.353 e. The van der Waals surface area contributed by atoms with E-state index in [1.165, 1.54) is 17.5 Å². The average molecular weight is 388 g/mol. The molecule has 27 heavy (non-hydrogen) atoms. The van der Waals surface area contributed by atoms with Crippen molar-refractivity contribution in [1.29, 1.82) is 0 Å². The van der Waals surface area contributed by atoms with Crippen molar-refractivity contribution in [2.75, 3.05) is 5.32 Å². The molecule has 4 nitrogen and oxygen atoms in total. The second kappa shape index (κ2) is 7.78. The van der Waals surface area contributed by atoms with Gasteiger partial charge in [0.15, 0.2) is 5.11 Å². The van der Waals surface area contributed by atoms with Crippen LogP contribution in [0.4, 0.5) is 5.69 Å². The van der Waals surface area contributed by atoms with Gasteiger partial charge >= 0.3 is 0 Å². The first kappa shape index (κ1) is 20.1. The Morgan fingerprint density at radius 1 is 1.15 bits per heavy atom. The number of amides is 1. The van der Waals surface area contributed by atoms with E-state index in [0.717, 1.165) is 36.5 Å². The monoisotopic (exact) mass is 387 g/mol. The highest BCUT2D eigenvalue weighted by Gasteiger charge is 2.40. The zero-order valence-corrected chi connectivity index (χ0v) is 18.1. The van der Waals surface area contributed by atoms with Crippen molar-refractivity contribution in [3.05, 3.63) is 29.3 Å². The molecule has 2 bridgehead atoms. The maximum absolute atomic E-state index is 12.4. The zero-order valence-electron chi connectivity index (χ0n) is 17.3. The van der Waals surface area contributed by atoms with Gasteiger partial charge in [0.05, 0.1) is 0 Å². The van der Waals surface area contributed by atoms with E-state index in [4.69, 9.17) is 12.2 Å². The predicted octanol–water partition coefficient (Wildman–Crippen LogP) is 4.55. The number of aryl methyl sites for hydroxylation is 2. The summed E-state index contributed by atoms with van der Waals surface area (Å²) in [4.78, 5) is 14.8. The molecule has 3 rings (SSSR count). The molecule has 0 spiro atoms. The fourth-order valence-electron chi connectivity index (χ4n) is 4.37. The Hall–Kier alpha value is -1.62. The van der Waals surface area contributed by atoms with Gasteiger partial charge in [-0.25, -0.2) is 0 Å². The summed E-state index contributed by atoms with van der Waals surface area (Å²) in [5, 5.41) is 7.60. The first-order valence-corrected chi connectivity index (χ1v) is 10.5. The highest BCUT2D eigenvalue weighted by molar-refractivity contribution is 7.80. The Bertz CT molecular complexity index is 711. The van der Waals surface area contributed by atoms with Gasteiger partial charge in [-0.2, -0.15) is 0 Å². The van der Waals surface area contributed by atoms with Gasteiger partial charge in [0, 0.05) is 29.2 Å². The van der Waals surface area contributed by atoms with E-state index in [1.807, 2.05) is 20.8 Å². The van der Waals surface area contributed by atoms with E-state index < -0.39 is 0 Å². The van der Waals surface area contributed by atoms with Gasteiger partial charge in [-0.1, -0.05) is 38.5 Å². The molecule has 1 aromatic carbocycles. The second-order valence-electron chi connectivity index (χ2n) is 9.29. The molecule has 2 aliphatic rings. The number of hydrogen-bond donors (Lipinski definition) is 2. The van der Waals surface area contributed by atoms with Crippen molar-refractivity contribution in [2.45, 2.75) is 84.8 Å². The molecular weight excluding hydrogens is 354 g/mol. The molecule has 148 valence electrons. The van der Waals surface area contributed by atoms with E-state index in [2.05, 4.69) is 47.6 Å². The predicted molar refractivity (Wildman–Crippen MR) is 116 cm³/mol. The van der Waals surface area contributed by atoms with Gasteiger partial charge in [0.1, 0.15) is 0 Å². The summed E-state index contributed by atoms with van der Waals surface area (Å²) in [7, 11) is 0. The summed E-state index contributed by atoms with van der Waals surface area (Å²) in [5.74, 6) is 0.148. The van der Waals surface area contributed by atoms with Crippen LogP contribution in [0.25, 0.3) is 0 Å². The molecule has 2 unspecified atom stereocenters. The minimum Gasteiger partial charge on any atom is -0.353 e. The average Bonchev–Trinajstić information content (AvgIpc) is 2.55. The number of nitrogens with zero attached hydrogens (tertiary/aromatic N) is 1. The summed E-state index contributed by atoms with van der Waals surface area (Å²) in [6.45, 7) is 10.1. The topological polar surface area (TPSA) is 44.4 Å². The van der Waals surface area contributed by atoms with Crippen molar-refractivity contribution in [3.8, 4) is 0 Å². The van der Waals surface area contributed by atoms with Gasteiger partial charge in [-0.3, -0.25) is 4.79 Å². The van der Waals surface area contributed by atoms with Crippen LogP contribution < -0.4 is 10.6 Å². The lowest BCUT2D eigenvalue weighted by Crippen LogP contribution is -2.60. The third-order valence-corrected chi connectivity index (χ3v) is 6.16. The SMILES string of the molecule is Cc1ccc(NC(=S)N2C3CCCC2CC(NC(=O)C(C)(C)C)C3)c(C)c1. The molecule has 1 aromatic rings. The number of thiocarbonyl (C=S) groups is 1. The van der Waals surface area contributed by atoms with E-state index in [1.54, 1.807) is 0 Å². The number of carbonyl (C=O) groups excluding carboxylic acids is 1. The van der Waals surface area contributed by atoms with Crippen LogP contribution in [0.5, 0.6) is 0 Å². The molecule has 1 amide bonds. The molecular formula is C22H33N3OS. The minimum atomic E-state index is -0.341. The molecule has 0 saturated carbocycles. The lowest BCUT2D eigenvalue weighted by atomic mass is 9.81. The molecule has 0 aromatic heterocycles. The van der Waals surface area contributed by atoms with Crippen LogP contribution in [-0.2, 0) is 4.79 Å². The zero-order chi connectivity index (χ0) is 19.8. The fraction of sp³-hybridized carbons (Fsp3) is 0.636. The summed E-state index contributed by atoms with van der Waals surface area (Å²) in [6.07, 6.45) is 5.50. The van der Waals surface area contributed by atoms with E-state index in [0.29, 0.717) is 12.1 Å². The van der Waals surface area contributed by atoms with Crippen molar-refractivity contribution < 1.29 is 4.79 Å². The van der Waals surface area contributed by atoms with Crippen molar-refractivity contribution in [1.82, 2.24) is 10.2 Å². The molecule has 2 fully saturated rings. The molecule has 0 aliphatic carbocycles. The maximum Gasteiger partial charge on any atom is 0.225 e. The third-order valence-electron chi connectivity index (χ3n) is 5.85. The Labute approximate surface area is 169 Å². The Morgan fingerprint density at radius 2 is 1.78 bits per heavy atom. The van der Waals surface area contributed by atoms with Gasteiger partial charge < -0.3 is 15.5 Å². The number of nitrogens with one attached hydrogen (secondary N) is 2. The summed E-state index contributed by atoms with van der Waals surface area (Å²) < 4.78 is 0. The van der Waals surface area contributed by atoms with E-state index in [9.17, 15) is 4.79 Å². The van der Waals surface area contributed by atoms with E-state index >= 15 is 0 Å². The Morgan fingerprint density at radius 3 is 2.33 bits per heavy atom. The summed E-state index contributed by atoms with van der Waals surface area (Å²) in [6, 6.07) is 7.49. The molecule has 0 radical (unpaired) electrons. The van der Waals surface area contributed by atoms with Crippen LogP contribution >= 0.6 is 12.2 Å². The van der Waals surface area contributed by atoms with Gasteiger partial charge in [0.25, 0.3) is 0 Å². The van der Waals surface area contributed by atoms with Crippen LogP contribution in [0.2, 0.25) is 0 Å². The van der Waals surface area contributed by atoms with Crippen LogP contribution in [0, 0.1) is 19.3 Å². The smallest absolute Gasteiger partial charge is 0.225 e. The first-order valence-electron chi connectivity index (χ1n) is 10.1. The quantitative estimate of drug-likeness (QED) is 0.731. The highest BCUT2D eigenvalue weighted by Crippen LogP contribution is 2.35. The Kier molecular flexibility index (Phi) is 5.80. The van der Waals surface area contributed by atoms with Crippen LogP contribution in [0.15, 0.2) is 18.2 Å². The number of carbonyl (C=O) groups is 1. The summed E-state index contributed by atoms with van der Waals surface area (Å²) in [5.41, 5.74) is 3.23. The van der Waals surface area contributed by atoms with E-state index in [-0.39, 0.29) is 17.4 Å². The van der Waals surface area contributed by atoms with Gasteiger partial charge in [-0.05, 0) is 69.8 Å². The fourth-order valence-corrected chi connectivity index (χ4v) is 4.77. The molecule has 2 atom stereocenters. The minimum absolute atomic E-state index is 0.148. The molecule has 2 saturated heterocycles. The maximum atomic E-state index is 12.4. The number of fused-ring (bicyclic) bond motifs is 2. The van der Waals surface area contributed by atoms with Crippen LogP contribution in [0.3, 0.4) is 0 Å². The number of benzene rings is 1. The molecule has 2 aliphatic heterocycles. The van der Waals surface area contributed by atoms with Crippen molar-refractivity contribution >= 4 is 28.9 Å². The van der Waals surface area contributed by atoms with Crippen molar-refractivity contribution in [2.24, 2.45) is 5.41 Å². The third kappa shape index (κ3) is 4.63. The number of hydrogen-bond acceptors (Lipinski definition) is 2. The number of rotatable bonds is 2. The van der Waals surface area contributed by atoms with Crippen molar-refractivity contribution in [3.63, 3.8) is 0 Å². The highest BCUT2D eigenvalue weighted by atomic mass is 32.1. The number of piperidine rings is 2. The molecule has 5 heteroatoms. The lowest BCUT2D eigenvalue weighted by molar-refractivity contribution is -0.129. The van der Waals surface area contributed by atoms with Crippen LogP contribution in [-0.4, -0.2) is 34.0 Å². The van der Waals surface area contributed by atoms with Gasteiger partial charge in [-0.15, -0.1) is 0 Å². The summed E-state index contributed by atoms with van der Waals surface area (Å²) >= 11 is 5.82. The second-order valence-corrected chi connectivity index (χ2v) is 9.67. The standard InChI is InChI=1S/C22H33N3OS/c1-14-9-10-19(15(2)11-14)24-21(27)25-17-7-6-8-18(25)13-16(12-17)23-20(26)22(3,4)5/h9-11,16-18H,6-8,12-13H2,1-5H3,(H,23,26)(H,24,27).